The number of nitriles is 1. The highest BCUT2D eigenvalue weighted by Crippen LogP contribution is 2.36. The lowest BCUT2D eigenvalue weighted by atomic mass is 10.3. The molecule has 0 bridgehead atoms. The molecule has 2 unspecified atom stereocenters. The summed E-state index contributed by atoms with van der Waals surface area (Å²) in [5.41, 5.74) is 0. The van der Waals surface area contributed by atoms with Crippen LogP contribution >= 0.6 is 7.37 Å². The van der Waals surface area contributed by atoms with Crippen LogP contribution in [0.15, 0.2) is 0 Å². The van der Waals surface area contributed by atoms with Crippen LogP contribution in [0.2, 0.25) is 0 Å². The van der Waals surface area contributed by atoms with E-state index < -0.39 is 19.4 Å². The van der Waals surface area contributed by atoms with Crippen LogP contribution in [0, 0.1) is 11.3 Å². The molecule has 0 radical (unpaired) electrons. The van der Waals surface area contributed by atoms with Gasteiger partial charge in [0.2, 0.25) is 0 Å². The topological polar surface area (TPSA) is 87.4 Å². The molecule has 0 amide bonds. The molecule has 14 heavy (non-hydrogen) atoms. The van der Waals surface area contributed by atoms with Crippen molar-refractivity contribution in [3.8, 4) is 6.07 Å². The van der Waals surface area contributed by atoms with E-state index in [1.807, 2.05) is 0 Å². The van der Waals surface area contributed by atoms with Gasteiger partial charge in [-0.2, -0.15) is 5.26 Å². The van der Waals surface area contributed by atoms with E-state index in [0.717, 1.165) is 0 Å². The average molecular weight is 219 g/mol. The molecule has 0 aliphatic rings. The first-order chi connectivity index (χ1) is 6.39. The van der Waals surface area contributed by atoms with E-state index in [9.17, 15) is 9.36 Å². The van der Waals surface area contributed by atoms with E-state index in [2.05, 4.69) is 0 Å². The number of esters is 1. The summed E-state index contributed by atoms with van der Waals surface area (Å²) in [6, 6.07) is 1.76. The van der Waals surface area contributed by atoms with Crippen molar-refractivity contribution in [1.82, 2.24) is 0 Å². The fourth-order valence-electron chi connectivity index (χ4n) is 0.749. The number of hydrogen-bond acceptors (Lipinski definition) is 4. The van der Waals surface area contributed by atoms with Crippen molar-refractivity contribution >= 4 is 13.3 Å². The van der Waals surface area contributed by atoms with E-state index >= 15 is 0 Å². The Morgan fingerprint density at radius 2 is 2.29 bits per heavy atom. The summed E-state index contributed by atoms with van der Waals surface area (Å²) >= 11 is 0. The number of ether oxygens (including phenoxy) is 1. The van der Waals surface area contributed by atoms with Gasteiger partial charge < -0.3 is 9.63 Å². The SMILES string of the molecule is CCC(=O)OC(C#N)CCP(C)(=O)O. The summed E-state index contributed by atoms with van der Waals surface area (Å²) in [6.07, 6.45) is -0.626. The molecule has 0 aliphatic heterocycles. The quantitative estimate of drug-likeness (QED) is 0.553. The molecule has 0 saturated heterocycles. The summed E-state index contributed by atoms with van der Waals surface area (Å²) in [6.45, 7) is 2.83. The third-order valence-electron chi connectivity index (χ3n) is 1.51. The van der Waals surface area contributed by atoms with Crippen molar-refractivity contribution in [2.24, 2.45) is 0 Å². The molecule has 0 saturated carbocycles. The van der Waals surface area contributed by atoms with Crippen molar-refractivity contribution in [3.05, 3.63) is 0 Å². The number of hydrogen-bond donors (Lipinski definition) is 1. The Labute approximate surface area is 83.1 Å². The second kappa shape index (κ2) is 5.79. The van der Waals surface area contributed by atoms with E-state index in [0.29, 0.717) is 0 Å². The minimum atomic E-state index is -3.13. The Morgan fingerprint density at radius 1 is 1.71 bits per heavy atom. The highest BCUT2D eigenvalue weighted by atomic mass is 31.2. The zero-order valence-electron chi connectivity index (χ0n) is 8.27. The fraction of sp³-hybridized carbons (Fsp3) is 0.750. The molecular formula is C8H14NO4P. The minimum Gasteiger partial charge on any atom is -0.447 e. The predicted molar refractivity (Wildman–Crippen MR) is 51.0 cm³/mol. The molecule has 5 nitrogen and oxygen atoms in total. The van der Waals surface area contributed by atoms with E-state index in [1.165, 1.54) is 6.66 Å². The van der Waals surface area contributed by atoms with Crippen LogP contribution in [0.25, 0.3) is 0 Å². The van der Waals surface area contributed by atoms with Crippen molar-refractivity contribution in [2.45, 2.75) is 25.9 Å². The molecule has 0 rings (SSSR count). The lowest BCUT2D eigenvalue weighted by molar-refractivity contribution is -0.146. The minimum absolute atomic E-state index is 0.0117. The second-order valence-electron chi connectivity index (χ2n) is 3.02. The lowest BCUT2D eigenvalue weighted by Crippen LogP contribution is -2.17. The maximum Gasteiger partial charge on any atom is 0.306 e. The average Bonchev–Trinajstić information content (AvgIpc) is 2.10. The Hall–Kier alpha value is -0.850. The molecule has 0 aliphatic carbocycles. The monoisotopic (exact) mass is 219 g/mol. The fourth-order valence-corrected chi connectivity index (χ4v) is 1.46. The maximum atomic E-state index is 10.9. The van der Waals surface area contributed by atoms with Crippen molar-refractivity contribution in [1.29, 1.82) is 5.26 Å². The first-order valence-electron chi connectivity index (χ1n) is 4.27. The van der Waals surface area contributed by atoms with Gasteiger partial charge in [-0.3, -0.25) is 9.36 Å². The highest BCUT2D eigenvalue weighted by Gasteiger charge is 2.17. The van der Waals surface area contributed by atoms with Crippen LogP contribution in [0.4, 0.5) is 0 Å². The highest BCUT2D eigenvalue weighted by molar-refractivity contribution is 7.57. The van der Waals surface area contributed by atoms with Gasteiger partial charge in [-0.15, -0.1) is 0 Å². The van der Waals surface area contributed by atoms with Crippen LogP contribution in [0.1, 0.15) is 19.8 Å². The number of rotatable bonds is 5. The van der Waals surface area contributed by atoms with Gasteiger partial charge in [0.05, 0.1) is 0 Å². The third kappa shape index (κ3) is 6.64. The molecule has 0 aromatic carbocycles. The van der Waals surface area contributed by atoms with Crippen LogP contribution in [0.3, 0.4) is 0 Å². The molecule has 0 heterocycles. The molecule has 80 valence electrons. The van der Waals surface area contributed by atoms with Crippen molar-refractivity contribution in [3.63, 3.8) is 0 Å². The summed E-state index contributed by atoms with van der Waals surface area (Å²) < 4.78 is 15.6. The number of nitrogens with zero attached hydrogens (tertiary/aromatic N) is 1. The van der Waals surface area contributed by atoms with Crippen LogP contribution in [-0.4, -0.2) is 29.8 Å². The number of carbonyl (C=O) groups is 1. The van der Waals surface area contributed by atoms with Crippen molar-refractivity contribution < 1.29 is 19.0 Å². The zero-order chi connectivity index (χ0) is 11.2. The summed E-state index contributed by atoms with van der Waals surface area (Å²) in [5, 5.41) is 8.57. The normalized spacial score (nSPS) is 16.4. The van der Waals surface area contributed by atoms with Crippen molar-refractivity contribution in [2.75, 3.05) is 12.8 Å². The molecule has 0 aromatic rings. The van der Waals surface area contributed by atoms with Gasteiger partial charge in [0.15, 0.2) is 13.5 Å². The van der Waals surface area contributed by atoms with Gasteiger partial charge in [0.1, 0.15) is 6.07 Å². The Bertz CT molecular complexity index is 278. The standard InChI is InChI=1S/C8H14NO4P/c1-3-8(10)13-7(6-9)4-5-14(2,11)12/h7H,3-5H2,1-2H3,(H,11,12). The Balaban J connectivity index is 4.00. The molecular weight excluding hydrogens is 205 g/mol. The van der Waals surface area contributed by atoms with E-state index in [-0.39, 0.29) is 19.0 Å². The second-order valence-corrected chi connectivity index (χ2v) is 5.57. The first-order valence-corrected chi connectivity index (χ1v) is 6.56. The molecule has 0 aromatic heterocycles. The van der Waals surface area contributed by atoms with Crippen LogP contribution < -0.4 is 0 Å². The van der Waals surface area contributed by atoms with Gasteiger partial charge in [0.25, 0.3) is 0 Å². The van der Waals surface area contributed by atoms with Gasteiger partial charge in [-0.25, -0.2) is 0 Å². The molecule has 0 fully saturated rings. The Kier molecular flexibility index (Phi) is 5.44. The maximum absolute atomic E-state index is 10.9. The predicted octanol–water partition coefficient (Wildman–Crippen LogP) is 1.12. The molecule has 1 N–H and O–H groups in total. The first kappa shape index (κ1) is 13.2. The van der Waals surface area contributed by atoms with Gasteiger partial charge in [0, 0.05) is 25.7 Å². The van der Waals surface area contributed by atoms with E-state index in [4.69, 9.17) is 14.9 Å². The van der Waals surface area contributed by atoms with Gasteiger partial charge in [-0.05, 0) is 0 Å². The largest absolute Gasteiger partial charge is 0.447 e. The summed E-state index contributed by atoms with van der Waals surface area (Å²) in [5.74, 6) is -0.472. The Morgan fingerprint density at radius 3 is 2.64 bits per heavy atom. The smallest absolute Gasteiger partial charge is 0.306 e. The van der Waals surface area contributed by atoms with Gasteiger partial charge in [-0.1, -0.05) is 6.92 Å². The molecule has 6 heteroatoms. The molecule has 0 spiro atoms. The zero-order valence-corrected chi connectivity index (χ0v) is 9.16. The van der Waals surface area contributed by atoms with Gasteiger partial charge >= 0.3 is 5.97 Å². The summed E-state index contributed by atoms with van der Waals surface area (Å²) in [7, 11) is -3.13. The van der Waals surface area contributed by atoms with E-state index in [1.54, 1.807) is 13.0 Å². The number of carbonyl (C=O) groups excluding carboxylic acids is 1. The third-order valence-corrected chi connectivity index (χ3v) is 2.60. The lowest BCUT2D eigenvalue weighted by Gasteiger charge is -2.11. The van der Waals surface area contributed by atoms with Crippen LogP contribution in [0.5, 0.6) is 0 Å². The summed E-state index contributed by atoms with van der Waals surface area (Å²) in [4.78, 5) is 19.8. The van der Waals surface area contributed by atoms with Crippen LogP contribution in [-0.2, 0) is 14.1 Å². The molecule has 2 atom stereocenters.